The Hall–Kier alpha value is -0.120. The van der Waals surface area contributed by atoms with Crippen LogP contribution in [0.5, 0.6) is 0 Å². The molecule has 3 rings (SSSR count). The van der Waals surface area contributed by atoms with Gasteiger partial charge >= 0.3 is 0 Å². The van der Waals surface area contributed by atoms with Crippen molar-refractivity contribution in [2.24, 2.45) is 5.92 Å². The fraction of sp³-hybridized carbons (Fsp3) is 1.00. The predicted octanol–water partition coefficient (Wildman–Crippen LogP) is 1.88. The van der Waals surface area contributed by atoms with E-state index in [9.17, 15) is 5.11 Å². The smallest absolute Gasteiger partial charge is 0.0727 e. The highest BCUT2D eigenvalue weighted by molar-refractivity contribution is 5.05. The monoisotopic (exact) mass is 226 g/mol. The molecule has 3 fully saturated rings. The minimum Gasteiger partial charge on any atom is -0.389 e. The third-order valence-corrected chi connectivity index (χ3v) is 5.01. The zero-order valence-corrected chi connectivity index (χ0v) is 10.1. The second-order valence-electron chi connectivity index (χ2n) is 5.94. The molecule has 1 heterocycles. The van der Waals surface area contributed by atoms with E-state index >= 15 is 0 Å². The molecule has 1 atom stereocenters. The fourth-order valence-corrected chi connectivity index (χ4v) is 3.63. The zero-order chi connectivity index (χ0) is 11.2. The van der Waals surface area contributed by atoms with Gasteiger partial charge in [-0.3, -0.25) is 0 Å². The first-order chi connectivity index (χ1) is 7.66. The average molecular weight is 226 g/mol. The maximum absolute atomic E-state index is 10.6. The molecule has 1 N–H and O–H groups in total. The first-order valence-corrected chi connectivity index (χ1v) is 6.55. The lowest BCUT2D eigenvalue weighted by Gasteiger charge is -2.55. The molecule has 3 aliphatic rings. The second-order valence-corrected chi connectivity index (χ2v) is 5.94. The molecule has 0 radical (unpaired) electrons. The largest absolute Gasteiger partial charge is 0.389 e. The van der Waals surface area contributed by atoms with Crippen molar-refractivity contribution < 1.29 is 14.6 Å². The molecule has 0 aromatic rings. The molecule has 3 nitrogen and oxygen atoms in total. The molecule has 16 heavy (non-hydrogen) atoms. The SMILES string of the molecule is COC1CC(O)(C2CCOC3(CCC3)C2)C1. The molecule has 0 aromatic heterocycles. The highest BCUT2D eigenvalue weighted by Crippen LogP contribution is 2.51. The summed E-state index contributed by atoms with van der Waals surface area (Å²) >= 11 is 0. The fourth-order valence-electron chi connectivity index (χ4n) is 3.63. The van der Waals surface area contributed by atoms with Crippen LogP contribution < -0.4 is 0 Å². The lowest BCUT2D eigenvalue weighted by atomic mass is 9.61. The quantitative estimate of drug-likeness (QED) is 0.781. The third kappa shape index (κ3) is 1.60. The summed E-state index contributed by atoms with van der Waals surface area (Å²) in [5, 5.41) is 10.6. The second kappa shape index (κ2) is 3.69. The molecule has 0 amide bonds. The zero-order valence-electron chi connectivity index (χ0n) is 10.1. The van der Waals surface area contributed by atoms with E-state index in [1.807, 2.05) is 0 Å². The Morgan fingerprint density at radius 2 is 2.00 bits per heavy atom. The van der Waals surface area contributed by atoms with Crippen LogP contribution in [-0.2, 0) is 9.47 Å². The summed E-state index contributed by atoms with van der Waals surface area (Å²) < 4.78 is 11.2. The molecule has 0 bridgehead atoms. The molecular weight excluding hydrogens is 204 g/mol. The van der Waals surface area contributed by atoms with Gasteiger partial charge in [-0.15, -0.1) is 0 Å². The highest BCUT2D eigenvalue weighted by Gasteiger charge is 2.53. The van der Waals surface area contributed by atoms with Gasteiger partial charge in [-0.25, -0.2) is 0 Å². The van der Waals surface area contributed by atoms with Gasteiger partial charge in [-0.05, 0) is 38.0 Å². The Labute approximate surface area is 97.1 Å². The average Bonchev–Trinajstić information content (AvgIpc) is 2.22. The molecule has 2 saturated carbocycles. The summed E-state index contributed by atoms with van der Waals surface area (Å²) in [5.41, 5.74) is -0.302. The van der Waals surface area contributed by atoms with Crippen molar-refractivity contribution in [1.82, 2.24) is 0 Å². The molecule has 0 aromatic carbocycles. The molecular formula is C13H22O3. The van der Waals surface area contributed by atoms with Crippen LogP contribution in [0.25, 0.3) is 0 Å². The van der Waals surface area contributed by atoms with Crippen LogP contribution in [0, 0.1) is 5.92 Å². The normalized spacial score (nSPS) is 46.1. The van der Waals surface area contributed by atoms with Crippen LogP contribution in [0.4, 0.5) is 0 Å². The number of aliphatic hydroxyl groups is 1. The molecule has 1 spiro atoms. The molecule has 1 aliphatic heterocycles. The number of hydrogen-bond donors (Lipinski definition) is 1. The lowest BCUT2D eigenvalue weighted by molar-refractivity contribution is -0.214. The van der Waals surface area contributed by atoms with Crippen LogP contribution >= 0.6 is 0 Å². The van der Waals surface area contributed by atoms with E-state index in [1.165, 1.54) is 19.3 Å². The number of methoxy groups -OCH3 is 1. The summed E-state index contributed by atoms with van der Waals surface area (Å²) in [6.07, 6.45) is 7.72. The van der Waals surface area contributed by atoms with Gasteiger partial charge in [0.1, 0.15) is 0 Å². The van der Waals surface area contributed by atoms with Gasteiger partial charge in [0.15, 0.2) is 0 Å². The summed E-state index contributed by atoms with van der Waals surface area (Å²) in [5.74, 6) is 0.438. The van der Waals surface area contributed by atoms with Crippen molar-refractivity contribution in [2.45, 2.75) is 62.3 Å². The van der Waals surface area contributed by atoms with Gasteiger partial charge < -0.3 is 14.6 Å². The molecule has 92 valence electrons. The predicted molar refractivity (Wildman–Crippen MR) is 60.2 cm³/mol. The van der Waals surface area contributed by atoms with E-state index < -0.39 is 5.60 Å². The Kier molecular flexibility index (Phi) is 2.54. The summed E-state index contributed by atoms with van der Waals surface area (Å²) in [6.45, 7) is 0.838. The van der Waals surface area contributed by atoms with E-state index in [0.717, 1.165) is 32.3 Å². The minimum atomic E-state index is -0.451. The Bertz CT molecular complexity index is 266. The van der Waals surface area contributed by atoms with Gasteiger partial charge in [-0.1, -0.05) is 0 Å². The van der Waals surface area contributed by atoms with Crippen molar-refractivity contribution in [3.63, 3.8) is 0 Å². The van der Waals surface area contributed by atoms with E-state index in [2.05, 4.69) is 0 Å². The lowest BCUT2D eigenvalue weighted by Crippen LogP contribution is -2.58. The Morgan fingerprint density at radius 3 is 2.56 bits per heavy atom. The van der Waals surface area contributed by atoms with Gasteiger partial charge in [0.2, 0.25) is 0 Å². The number of ether oxygens (including phenoxy) is 2. The Morgan fingerprint density at radius 1 is 1.25 bits per heavy atom. The molecule has 1 saturated heterocycles. The molecule has 2 aliphatic carbocycles. The van der Waals surface area contributed by atoms with Crippen molar-refractivity contribution in [3.05, 3.63) is 0 Å². The van der Waals surface area contributed by atoms with Crippen molar-refractivity contribution in [3.8, 4) is 0 Å². The van der Waals surface area contributed by atoms with E-state index in [4.69, 9.17) is 9.47 Å². The van der Waals surface area contributed by atoms with Crippen LogP contribution in [0.3, 0.4) is 0 Å². The van der Waals surface area contributed by atoms with Crippen molar-refractivity contribution >= 4 is 0 Å². The standard InChI is InChI=1S/C13H22O3/c1-15-11-8-13(14,9-11)10-3-6-16-12(7-10)4-2-5-12/h10-11,14H,2-9H2,1H3. The van der Waals surface area contributed by atoms with E-state index in [-0.39, 0.29) is 11.7 Å². The molecule has 1 unspecified atom stereocenters. The first-order valence-electron chi connectivity index (χ1n) is 6.55. The first kappa shape index (κ1) is 11.0. The van der Waals surface area contributed by atoms with Gasteiger partial charge in [0, 0.05) is 26.6 Å². The number of hydrogen-bond acceptors (Lipinski definition) is 3. The van der Waals surface area contributed by atoms with Crippen molar-refractivity contribution in [2.75, 3.05) is 13.7 Å². The van der Waals surface area contributed by atoms with Crippen molar-refractivity contribution in [1.29, 1.82) is 0 Å². The van der Waals surface area contributed by atoms with Gasteiger partial charge in [0.25, 0.3) is 0 Å². The summed E-state index contributed by atoms with van der Waals surface area (Å²) in [4.78, 5) is 0. The van der Waals surface area contributed by atoms with Crippen LogP contribution in [0.1, 0.15) is 44.9 Å². The number of rotatable bonds is 2. The van der Waals surface area contributed by atoms with E-state index in [1.54, 1.807) is 7.11 Å². The van der Waals surface area contributed by atoms with E-state index in [0.29, 0.717) is 5.92 Å². The van der Waals surface area contributed by atoms with Gasteiger partial charge in [0.05, 0.1) is 17.3 Å². The minimum absolute atomic E-state index is 0.150. The maximum atomic E-state index is 10.6. The highest BCUT2D eigenvalue weighted by atomic mass is 16.5. The summed E-state index contributed by atoms with van der Waals surface area (Å²) in [6, 6.07) is 0. The van der Waals surface area contributed by atoms with Gasteiger partial charge in [-0.2, -0.15) is 0 Å². The Balaban J connectivity index is 1.62. The maximum Gasteiger partial charge on any atom is 0.0727 e. The summed E-state index contributed by atoms with van der Waals surface area (Å²) in [7, 11) is 1.74. The molecule has 3 heteroatoms. The topological polar surface area (TPSA) is 38.7 Å². The third-order valence-electron chi connectivity index (χ3n) is 5.01. The van der Waals surface area contributed by atoms with Crippen LogP contribution in [-0.4, -0.2) is 36.1 Å². The van der Waals surface area contributed by atoms with Crippen LogP contribution in [0.2, 0.25) is 0 Å². The van der Waals surface area contributed by atoms with Crippen LogP contribution in [0.15, 0.2) is 0 Å².